The highest BCUT2D eigenvalue weighted by molar-refractivity contribution is 5.99. The van der Waals surface area contributed by atoms with Crippen LogP contribution in [0.1, 0.15) is 86.0 Å². The first kappa shape index (κ1) is 23.7. The van der Waals surface area contributed by atoms with Gasteiger partial charge in [0.2, 0.25) is 5.91 Å². The van der Waals surface area contributed by atoms with Gasteiger partial charge in [0.1, 0.15) is 11.2 Å². The van der Waals surface area contributed by atoms with E-state index in [4.69, 9.17) is 14.6 Å². The number of hydrogen-bond acceptors (Lipinski definition) is 5. The molecule has 5 rings (SSSR count). The molecule has 2 amide bonds. The molecular formula is C27H36N4O4. The maximum Gasteiger partial charge on any atom is 0.273 e. The van der Waals surface area contributed by atoms with Crippen LogP contribution in [-0.2, 0) is 17.9 Å². The van der Waals surface area contributed by atoms with Crippen molar-refractivity contribution in [3.05, 3.63) is 41.2 Å². The van der Waals surface area contributed by atoms with Crippen molar-refractivity contribution in [3.8, 4) is 11.5 Å². The van der Waals surface area contributed by atoms with E-state index in [0.29, 0.717) is 29.7 Å². The molecule has 188 valence electrons. The SMILES string of the molecule is COc1cccc(CN2C(=O)c3cc(C4CC4)nn3C[C@@]2(C)C(=O)NC2CCCCCC2)c1OC. The molecule has 3 aliphatic rings. The Balaban J connectivity index is 1.50. The fraction of sp³-hybridized carbons (Fsp3) is 0.593. The van der Waals surface area contributed by atoms with E-state index in [0.717, 1.165) is 49.8 Å². The molecule has 2 fully saturated rings. The second-order valence-corrected chi connectivity index (χ2v) is 10.4. The van der Waals surface area contributed by atoms with Gasteiger partial charge in [0, 0.05) is 17.5 Å². The van der Waals surface area contributed by atoms with Crippen molar-refractivity contribution < 1.29 is 19.1 Å². The number of carbonyl (C=O) groups excluding carboxylic acids is 2. The molecule has 2 heterocycles. The normalized spacial score (nSPS) is 22.9. The summed E-state index contributed by atoms with van der Waals surface area (Å²) in [6, 6.07) is 7.68. The highest BCUT2D eigenvalue weighted by Crippen LogP contribution is 2.41. The van der Waals surface area contributed by atoms with Gasteiger partial charge in [-0.2, -0.15) is 5.10 Å². The van der Waals surface area contributed by atoms with E-state index in [2.05, 4.69) is 5.32 Å². The van der Waals surface area contributed by atoms with E-state index >= 15 is 0 Å². The standard InChI is InChI=1S/C27H36N4O4/c1-27(26(33)28-20-10-6-4-5-7-11-20)17-31-22(15-21(29-31)18-13-14-18)25(32)30(27)16-19-9-8-12-23(34-2)24(19)35-3/h8-9,12,15,18,20H,4-7,10-11,13-14,16-17H2,1-3H3,(H,28,33)/t27-/m0/s1. The fourth-order valence-corrected chi connectivity index (χ4v) is 5.50. The average Bonchev–Trinajstić information content (AvgIpc) is 3.66. The molecule has 0 spiro atoms. The third-order valence-electron chi connectivity index (χ3n) is 7.80. The Morgan fingerprint density at radius 1 is 1.11 bits per heavy atom. The Morgan fingerprint density at radius 3 is 2.51 bits per heavy atom. The molecule has 1 aromatic carbocycles. The van der Waals surface area contributed by atoms with Crippen molar-refractivity contribution in [2.45, 2.75) is 88.9 Å². The van der Waals surface area contributed by atoms with Crippen molar-refractivity contribution >= 4 is 11.8 Å². The molecule has 2 aromatic rings. The molecule has 35 heavy (non-hydrogen) atoms. The number of aromatic nitrogens is 2. The minimum Gasteiger partial charge on any atom is -0.493 e. The van der Waals surface area contributed by atoms with Gasteiger partial charge < -0.3 is 19.7 Å². The molecule has 1 N–H and O–H groups in total. The molecule has 0 unspecified atom stereocenters. The number of benzene rings is 1. The number of ether oxygens (including phenoxy) is 2. The van der Waals surface area contributed by atoms with Gasteiger partial charge in [-0.05, 0) is 44.7 Å². The smallest absolute Gasteiger partial charge is 0.273 e. The van der Waals surface area contributed by atoms with Crippen LogP contribution < -0.4 is 14.8 Å². The summed E-state index contributed by atoms with van der Waals surface area (Å²) in [5.41, 5.74) is 1.22. The lowest BCUT2D eigenvalue weighted by Gasteiger charge is -2.44. The summed E-state index contributed by atoms with van der Waals surface area (Å²) in [6.45, 7) is 2.42. The van der Waals surface area contributed by atoms with Gasteiger partial charge in [-0.3, -0.25) is 14.3 Å². The molecule has 1 aliphatic heterocycles. The zero-order valence-corrected chi connectivity index (χ0v) is 21.0. The van der Waals surface area contributed by atoms with Crippen molar-refractivity contribution in [2.75, 3.05) is 14.2 Å². The average molecular weight is 481 g/mol. The molecule has 8 heteroatoms. The van der Waals surface area contributed by atoms with Crippen LogP contribution in [0, 0.1) is 0 Å². The van der Waals surface area contributed by atoms with E-state index < -0.39 is 5.54 Å². The van der Waals surface area contributed by atoms with Crippen molar-refractivity contribution in [2.24, 2.45) is 0 Å². The van der Waals surface area contributed by atoms with Crippen molar-refractivity contribution in [1.82, 2.24) is 20.0 Å². The largest absolute Gasteiger partial charge is 0.493 e. The topological polar surface area (TPSA) is 85.7 Å². The Labute approximate surface area is 207 Å². The van der Waals surface area contributed by atoms with Crippen LogP contribution >= 0.6 is 0 Å². The lowest BCUT2D eigenvalue weighted by atomic mass is 9.93. The quantitative estimate of drug-likeness (QED) is 0.605. The number of amides is 2. The van der Waals surface area contributed by atoms with E-state index in [1.165, 1.54) is 12.8 Å². The predicted molar refractivity (Wildman–Crippen MR) is 132 cm³/mol. The second kappa shape index (κ2) is 9.55. The van der Waals surface area contributed by atoms with Gasteiger partial charge in [0.05, 0.1) is 33.0 Å². The van der Waals surface area contributed by atoms with Crippen molar-refractivity contribution in [1.29, 1.82) is 0 Å². The Kier molecular flexibility index (Phi) is 6.47. The first-order chi connectivity index (χ1) is 16.9. The first-order valence-corrected chi connectivity index (χ1v) is 12.8. The van der Waals surface area contributed by atoms with Gasteiger partial charge in [-0.15, -0.1) is 0 Å². The maximum absolute atomic E-state index is 13.9. The molecule has 0 radical (unpaired) electrons. The van der Waals surface area contributed by atoms with E-state index in [-0.39, 0.29) is 24.4 Å². The summed E-state index contributed by atoms with van der Waals surface area (Å²) < 4.78 is 12.9. The number of para-hydroxylation sites is 1. The van der Waals surface area contributed by atoms with E-state index in [9.17, 15) is 9.59 Å². The number of fused-ring (bicyclic) bond motifs is 1. The van der Waals surface area contributed by atoms with Crippen LogP contribution in [0.15, 0.2) is 24.3 Å². The summed E-state index contributed by atoms with van der Waals surface area (Å²) in [7, 11) is 3.18. The van der Waals surface area contributed by atoms with Crippen LogP contribution in [-0.4, -0.2) is 52.3 Å². The third-order valence-corrected chi connectivity index (χ3v) is 7.80. The zero-order valence-electron chi connectivity index (χ0n) is 21.0. The fourth-order valence-electron chi connectivity index (χ4n) is 5.50. The van der Waals surface area contributed by atoms with E-state index in [1.807, 2.05) is 31.2 Å². The monoisotopic (exact) mass is 480 g/mol. The van der Waals surface area contributed by atoms with Crippen LogP contribution in [0.4, 0.5) is 0 Å². The van der Waals surface area contributed by atoms with Crippen LogP contribution in [0.2, 0.25) is 0 Å². The third kappa shape index (κ3) is 4.50. The molecule has 0 saturated heterocycles. The van der Waals surface area contributed by atoms with Crippen molar-refractivity contribution in [3.63, 3.8) is 0 Å². The lowest BCUT2D eigenvalue weighted by molar-refractivity contribution is -0.134. The van der Waals surface area contributed by atoms with Gasteiger partial charge in [0.25, 0.3) is 5.91 Å². The minimum atomic E-state index is -1.09. The second-order valence-electron chi connectivity index (χ2n) is 10.4. The molecule has 8 nitrogen and oxygen atoms in total. The zero-order chi connectivity index (χ0) is 24.6. The van der Waals surface area contributed by atoms with Gasteiger partial charge in [0.15, 0.2) is 11.5 Å². The summed E-state index contributed by atoms with van der Waals surface area (Å²) in [4.78, 5) is 29.5. The Hall–Kier alpha value is -3.03. The maximum atomic E-state index is 13.9. The molecular weight excluding hydrogens is 444 g/mol. The number of nitrogens with one attached hydrogen (secondary N) is 1. The van der Waals surface area contributed by atoms with Crippen LogP contribution in [0.5, 0.6) is 11.5 Å². The number of nitrogens with zero attached hydrogens (tertiary/aromatic N) is 3. The molecule has 2 saturated carbocycles. The van der Waals surface area contributed by atoms with Gasteiger partial charge in [-0.25, -0.2) is 0 Å². The number of methoxy groups -OCH3 is 2. The highest BCUT2D eigenvalue weighted by atomic mass is 16.5. The summed E-state index contributed by atoms with van der Waals surface area (Å²) >= 11 is 0. The summed E-state index contributed by atoms with van der Waals surface area (Å²) in [5.74, 6) is 1.30. The highest BCUT2D eigenvalue weighted by Gasteiger charge is 2.49. The number of carbonyl (C=O) groups is 2. The Morgan fingerprint density at radius 2 is 1.86 bits per heavy atom. The molecule has 2 aliphatic carbocycles. The predicted octanol–water partition coefficient (Wildman–Crippen LogP) is 4.03. The molecule has 1 aromatic heterocycles. The Bertz CT molecular complexity index is 1100. The number of hydrogen-bond donors (Lipinski definition) is 1. The lowest BCUT2D eigenvalue weighted by Crippen LogP contribution is -2.64. The summed E-state index contributed by atoms with van der Waals surface area (Å²) in [6.07, 6.45) is 8.86. The van der Waals surface area contributed by atoms with E-state index in [1.54, 1.807) is 23.8 Å². The number of rotatable bonds is 7. The van der Waals surface area contributed by atoms with Crippen LogP contribution in [0.25, 0.3) is 0 Å². The van der Waals surface area contributed by atoms with Gasteiger partial charge in [-0.1, -0.05) is 37.8 Å². The first-order valence-electron chi connectivity index (χ1n) is 12.8. The van der Waals surface area contributed by atoms with Gasteiger partial charge >= 0.3 is 0 Å². The molecule has 0 bridgehead atoms. The summed E-state index contributed by atoms with van der Waals surface area (Å²) in [5, 5.41) is 8.05. The molecule has 1 atom stereocenters. The van der Waals surface area contributed by atoms with Crippen LogP contribution in [0.3, 0.4) is 0 Å². The minimum absolute atomic E-state index is 0.117.